The van der Waals surface area contributed by atoms with Crippen LogP contribution in [0.4, 0.5) is 0 Å². The van der Waals surface area contributed by atoms with E-state index in [1.165, 1.54) is 28.0 Å². The highest BCUT2D eigenvalue weighted by Gasteiger charge is 2.38. The van der Waals surface area contributed by atoms with E-state index in [4.69, 9.17) is 20.0 Å². The van der Waals surface area contributed by atoms with Gasteiger partial charge in [-0.25, -0.2) is 4.57 Å². The van der Waals surface area contributed by atoms with Gasteiger partial charge >= 0.3 is 7.82 Å². The normalized spacial score (nSPS) is 26.5. The molecular formula is C23H30NO4PS. The van der Waals surface area contributed by atoms with Gasteiger partial charge in [0.2, 0.25) is 0 Å². The average Bonchev–Trinajstić information content (AvgIpc) is 3.13. The summed E-state index contributed by atoms with van der Waals surface area (Å²) in [5, 5.41) is 0. The quantitative estimate of drug-likeness (QED) is 0.422. The third-order valence-corrected chi connectivity index (χ3v) is 8.13. The monoisotopic (exact) mass is 447 g/mol. The molecule has 4 rings (SSSR count). The first-order valence-corrected chi connectivity index (χ1v) is 13.1. The predicted molar refractivity (Wildman–Crippen MR) is 121 cm³/mol. The number of phosphoric acid groups is 1. The first kappa shape index (κ1) is 22.1. The third-order valence-electron chi connectivity index (χ3n) is 6.42. The van der Waals surface area contributed by atoms with E-state index >= 15 is 0 Å². The van der Waals surface area contributed by atoms with E-state index in [2.05, 4.69) is 48.5 Å². The molecule has 3 atom stereocenters. The van der Waals surface area contributed by atoms with Gasteiger partial charge in [-0.05, 0) is 79.2 Å². The van der Waals surface area contributed by atoms with Gasteiger partial charge in [0.25, 0.3) is 0 Å². The Morgan fingerprint density at radius 3 is 2.70 bits per heavy atom. The first-order chi connectivity index (χ1) is 14.3. The number of benzene rings is 2. The molecule has 30 heavy (non-hydrogen) atoms. The molecule has 2 aromatic rings. The Bertz CT molecular complexity index is 919. The van der Waals surface area contributed by atoms with Crippen molar-refractivity contribution in [2.45, 2.75) is 54.9 Å². The Balaban J connectivity index is 1.34. The zero-order valence-electron chi connectivity index (χ0n) is 17.1. The van der Waals surface area contributed by atoms with E-state index in [-0.39, 0.29) is 6.61 Å². The van der Waals surface area contributed by atoms with E-state index in [1.54, 1.807) is 0 Å². The summed E-state index contributed by atoms with van der Waals surface area (Å²) >= 11 is 1.95. The third kappa shape index (κ3) is 5.76. The molecule has 0 amide bonds. The van der Waals surface area contributed by atoms with Crippen molar-refractivity contribution in [1.29, 1.82) is 0 Å². The SMILES string of the molecule is N[C@]1(COP(=O)(O)O)CC[C@@H](c2ccc3c(c2)CCC(CSc2ccccc2)C3)C1. The van der Waals surface area contributed by atoms with Crippen LogP contribution < -0.4 is 5.73 Å². The fourth-order valence-electron chi connectivity index (χ4n) is 4.76. The van der Waals surface area contributed by atoms with Crippen LogP contribution in [-0.2, 0) is 21.9 Å². The highest BCUT2D eigenvalue weighted by atomic mass is 32.2. The van der Waals surface area contributed by atoms with Crippen LogP contribution in [0.1, 0.15) is 48.3 Å². The number of rotatable bonds is 7. The lowest BCUT2D eigenvalue weighted by Crippen LogP contribution is -2.41. The smallest absolute Gasteiger partial charge is 0.323 e. The standard InChI is InChI=1S/C23H30NO4PS/c24-23(16-28-29(25,26)27)11-10-21(14-23)20-9-8-18-12-17(6-7-19(18)13-20)15-30-22-4-2-1-3-5-22/h1-5,8-9,13,17,21H,6-7,10-12,14-16,24H2,(H2,25,26,27)/t17?,21-,23-/m1/s1. The minimum atomic E-state index is -4.48. The van der Waals surface area contributed by atoms with Crippen molar-refractivity contribution in [1.82, 2.24) is 0 Å². The van der Waals surface area contributed by atoms with Crippen molar-refractivity contribution >= 4 is 19.6 Å². The van der Waals surface area contributed by atoms with E-state index < -0.39 is 13.4 Å². The van der Waals surface area contributed by atoms with Crippen molar-refractivity contribution in [3.63, 3.8) is 0 Å². The lowest BCUT2D eigenvalue weighted by atomic mass is 9.82. The minimum absolute atomic E-state index is 0.0977. The second-order valence-electron chi connectivity index (χ2n) is 8.83. The van der Waals surface area contributed by atoms with E-state index in [0.29, 0.717) is 24.7 Å². The number of fused-ring (bicyclic) bond motifs is 1. The summed E-state index contributed by atoms with van der Waals surface area (Å²) in [6.07, 6.45) is 5.81. The maximum absolute atomic E-state index is 11.0. The number of hydrogen-bond acceptors (Lipinski definition) is 4. The van der Waals surface area contributed by atoms with Crippen LogP contribution in [0, 0.1) is 5.92 Å². The first-order valence-electron chi connectivity index (χ1n) is 10.6. The molecule has 2 aliphatic rings. The van der Waals surface area contributed by atoms with Crippen molar-refractivity contribution in [3.05, 3.63) is 65.2 Å². The zero-order chi connectivity index (χ0) is 21.2. The van der Waals surface area contributed by atoms with Gasteiger partial charge in [0.05, 0.1) is 6.61 Å². The van der Waals surface area contributed by atoms with Crippen LogP contribution in [0.3, 0.4) is 0 Å². The lowest BCUT2D eigenvalue weighted by molar-refractivity contribution is 0.153. The number of aryl methyl sites for hydroxylation is 1. The Morgan fingerprint density at radius 2 is 1.93 bits per heavy atom. The fourth-order valence-corrected chi connectivity index (χ4v) is 6.25. The molecular weight excluding hydrogens is 417 g/mol. The molecule has 0 radical (unpaired) electrons. The van der Waals surface area contributed by atoms with Gasteiger partial charge < -0.3 is 15.5 Å². The molecule has 4 N–H and O–H groups in total. The van der Waals surface area contributed by atoms with Gasteiger partial charge in [-0.15, -0.1) is 11.8 Å². The molecule has 0 aromatic heterocycles. The van der Waals surface area contributed by atoms with E-state index in [9.17, 15) is 4.57 Å². The number of thioether (sulfide) groups is 1. The number of nitrogens with two attached hydrogens (primary N) is 1. The number of phosphoric ester groups is 1. The second-order valence-corrected chi connectivity index (χ2v) is 11.2. The predicted octanol–water partition coefficient (Wildman–Crippen LogP) is 4.66. The molecule has 2 aliphatic carbocycles. The highest BCUT2D eigenvalue weighted by Crippen LogP contribution is 2.44. The molecule has 0 bridgehead atoms. The molecule has 0 aliphatic heterocycles. The molecule has 1 unspecified atom stereocenters. The molecule has 5 nitrogen and oxygen atoms in total. The van der Waals surface area contributed by atoms with Crippen LogP contribution in [0.2, 0.25) is 0 Å². The molecule has 1 fully saturated rings. The fraction of sp³-hybridized carbons (Fsp3) is 0.478. The summed E-state index contributed by atoms with van der Waals surface area (Å²) in [7, 11) is -4.48. The number of hydrogen-bond donors (Lipinski definition) is 3. The van der Waals surface area contributed by atoms with Gasteiger partial charge in [0.15, 0.2) is 0 Å². The molecule has 162 valence electrons. The lowest BCUT2D eigenvalue weighted by Gasteiger charge is -2.26. The van der Waals surface area contributed by atoms with E-state index in [0.717, 1.165) is 25.0 Å². The summed E-state index contributed by atoms with van der Waals surface area (Å²) < 4.78 is 15.7. The molecule has 0 saturated heterocycles. The molecule has 0 spiro atoms. The maximum Gasteiger partial charge on any atom is 0.469 e. The summed E-state index contributed by atoms with van der Waals surface area (Å²) in [6, 6.07) is 17.5. The second kappa shape index (κ2) is 9.15. The highest BCUT2D eigenvalue weighted by molar-refractivity contribution is 7.99. The Morgan fingerprint density at radius 1 is 1.13 bits per heavy atom. The maximum atomic E-state index is 11.0. The van der Waals surface area contributed by atoms with Crippen LogP contribution in [-0.4, -0.2) is 27.7 Å². The van der Waals surface area contributed by atoms with Gasteiger partial charge in [0.1, 0.15) is 0 Å². The summed E-state index contributed by atoms with van der Waals surface area (Å²) in [5.74, 6) is 2.19. The van der Waals surface area contributed by atoms with Crippen molar-refractivity contribution in [2.24, 2.45) is 11.7 Å². The molecule has 7 heteroatoms. The van der Waals surface area contributed by atoms with Gasteiger partial charge in [-0.2, -0.15) is 0 Å². The molecule has 0 heterocycles. The largest absolute Gasteiger partial charge is 0.469 e. The Hall–Kier alpha value is -1.14. The van der Waals surface area contributed by atoms with Crippen molar-refractivity contribution < 1.29 is 18.9 Å². The minimum Gasteiger partial charge on any atom is -0.323 e. The average molecular weight is 448 g/mol. The van der Waals surface area contributed by atoms with Crippen molar-refractivity contribution in [3.8, 4) is 0 Å². The van der Waals surface area contributed by atoms with Crippen LogP contribution in [0.5, 0.6) is 0 Å². The van der Waals surface area contributed by atoms with Crippen LogP contribution in [0.25, 0.3) is 0 Å². The molecule has 2 aromatic carbocycles. The summed E-state index contributed by atoms with van der Waals surface area (Å²) in [5.41, 5.74) is 9.91. The van der Waals surface area contributed by atoms with Gasteiger partial charge in [0, 0.05) is 16.2 Å². The zero-order valence-corrected chi connectivity index (χ0v) is 18.8. The molecule has 1 saturated carbocycles. The van der Waals surface area contributed by atoms with Crippen molar-refractivity contribution in [2.75, 3.05) is 12.4 Å². The summed E-state index contributed by atoms with van der Waals surface area (Å²) in [4.78, 5) is 19.3. The van der Waals surface area contributed by atoms with Crippen LogP contribution >= 0.6 is 19.6 Å². The topological polar surface area (TPSA) is 92.8 Å². The van der Waals surface area contributed by atoms with Gasteiger partial charge in [-0.1, -0.05) is 36.4 Å². The Kier molecular flexibility index (Phi) is 6.73. The van der Waals surface area contributed by atoms with E-state index in [1.807, 2.05) is 11.8 Å². The summed E-state index contributed by atoms with van der Waals surface area (Å²) in [6.45, 7) is -0.0977. The Labute approximate surface area is 182 Å². The van der Waals surface area contributed by atoms with Gasteiger partial charge in [-0.3, -0.25) is 4.52 Å². The van der Waals surface area contributed by atoms with Crippen LogP contribution in [0.15, 0.2) is 53.4 Å².